The molecule has 1 aromatic carbocycles. The molecule has 0 unspecified atom stereocenters. The summed E-state index contributed by atoms with van der Waals surface area (Å²) in [4.78, 5) is 23.9. The number of rotatable bonds is 3. The molecule has 0 fully saturated rings. The predicted octanol–water partition coefficient (Wildman–Crippen LogP) is 3.18. The van der Waals surface area contributed by atoms with Crippen molar-refractivity contribution in [2.24, 2.45) is 0 Å². The van der Waals surface area contributed by atoms with Gasteiger partial charge in [-0.05, 0) is 30.7 Å². The molecule has 2 aromatic heterocycles. The molecule has 0 radical (unpaired) electrons. The van der Waals surface area contributed by atoms with Crippen LogP contribution in [0, 0.1) is 6.92 Å². The van der Waals surface area contributed by atoms with Gasteiger partial charge in [0.05, 0.1) is 16.8 Å². The number of pyridine rings is 1. The first kappa shape index (κ1) is 13.1. The van der Waals surface area contributed by atoms with Crippen LogP contribution in [0.15, 0.2) is 54.7 Å². The Morgan fingerprint density at radius 2 is 1.76 bits per heavy atom. The predicted molar refractivity (Wildman–Crippen MR) is 79.0 cm³/mol. The van der Waals surface area contributed by atoms with Gasteiger partial charge in [0, 0.05) is 11.8 Å². The molecular weight excluding hydrogens is 266 g/mol. The van der Waals surface area contributed by atoms with Gasteiger partial charge in [-0.15, -0.1) is 0 Å². The van der Waals surface area contributed by atoms with E-state index in [9.17, 15) is 14.7 Å². The highest BCUT2D eigenvalue weighted by atomic mass is 16.4. The van der Waals surface area contributed by atoms with Crippen LogP contribution < -0.4 is 0 Å². The minimum Gasteiger partial charge on any atom is -0.478 e. The zero-order valence-corrected chi connectivity index (χ0v) is 11.4. The van der Waals surface area contributed by atoms with Gasteiger partial charge in [0.25, 0.3) is 0 Å². The molecule has 0 aliphatic carbocycles. The number of fused-ring (bicyclic) bond motifs is 1. The normalized spacial score (nSPS) is 10.7. The van der Waals surface area contributed by atoms with Crippen molar-refractivity contribution in [3.05, 3.63) is 77.1 Å². The fourth-order valence-corrected chi connectivity index (χ4v) is 2.39. The van der Waals surface area contributed by atoms with Crippen molar-refractivity contribution in [2.45, 2.75) is 6.92 Å². The van der Waals surface area contributed by atoms with Gasteiger partial charge >= 0.3 is 5.97 Å². The lowest BCUT2D eigenvalue weighted by Crippen LogP contribution is -2.04. The Bertz CT molecular complexity index is 847. The van der Waals surface area contributed by atoms with E-state index in [2.05, 4.69) is 0 Å². The molecule has 0 atom stereocenters. The van der Waals surface area contributed by atoms with E-state index in [4.69, 9.17) is 0 Å². The Balaban J connectivity index is 2.24. The van der Waals surface area contributed by atoms with Crippen LogP contribution in [-0.4, -0.2) is 21.3 Å². The molecule has 104 valence electrons. The third-order valence-electron chi connectivity index (χ3n) is 3.43. The number of hydrogen-bond acceptors (Lipinski definition) is 2. The van der Waals surface area contributed by atoms with Crippen molar-refractivity contribution in [2.75, 3.05) is 0 Å². The summed E-state index contributed by atoms with van der Waals surface area (Å²) < 4.78 is 1.63. The van der Waals surface area contributed by atoms with Gasteiger partial charge in [-0.25, -0.2) is 4.79 Å². The van der Waals surface area contributed by atoms with E-state index in [0.29, 0.717) is 16.8 Å². The van der Waals surface area contributed by atoms with Crippen LogP contribution in [0.2, 0.25) is 0 Å². The molecule has 0 saturated carbocycles. The molecule has 1 N–H and O–H groups in total. The quantitative estimate of drug-likeness (QED) is 0.749. The Morgan fingerprint density at radius 1 is 1.05 bits per heavy atom. The molecule has 0 aliphatic heterocycles. The van der Waals surface area contributed by atoms with E-state index in [-0.39, 0.29) is 11.3 Å². The number of carbonyl (C=O) groups excluding carboxylic acids is 1. The van der Waals surface area contributed by atoms with Crippen LogP contribution in [0.5, 0.6) is 0 Å². The molecule has 3 aromatic rings. The lowest BCUT2D eigenvalue weighted by molar-refractivity contribution is 0.0699. The van der Waals surface area contributed by atoms with Crippen molar-refractivity contribution < 1.29 is 14.7 Å². The zero-order chi connectivity index (χ0) is 15.0. The second-order valence-electron chi connectivity index (χ2n) is 4.90. The molecule has 21 heavy (non-hydrogen) atoms. The van der Waals surface area contributed by atoms with Gasteiger partial charge in [-0.2, -0.15) is 0 Å². The number of benzene rings is 1. The summed E-state index contributed by atoms with van der Waals surface area (Å²) >= 11 is 0. The van der Waals surface area contributed by atoms with Crippen LogP contribution in [0.25, 0.3) is 5.52 Å². The Labute approximate surface area is 121 Å². The number of aromatic carboxylic acids is 1. The number of hydrogen-bond donors (Lipinski definition) is 1. The number of carboxylic acid groups (broad SMARTS) is 1. The Kier molecular flexibility index (Phi) is 3.06. The molecule has 0 spiro atoms. The lowest BCUT2D eigenvalue weighted by Gasteiger charge is -2.03. The number of aromatic nitrogens is 1. The average molecular weight is 279 g/mol. The van der Waals surface area contributed by atoms with Crippen LogP contribution in [0.1, 0.15) is 32.0 Å². The SMILES string of the molecule is Cc1ccn2c(C(=O)c3ccccc3)cc(C(=O)O)c2c1. The second-order valence-corrected chi connectivity index (χ2v) is 4.90. The number of carbonyl (C=O) groups is 2. The highest BCUT2D eigenvalue weighted by Crippen LogP contribution is 2.21. The highest BCUT2D eigenvalue weighted by molar-refractivity contribution is 6.11. The molecule has 4 nitrogen and oxygen atoms in total. The number of aryl methyl sites for hydroxylation is 1. The molecule has 0 saturated heterocycles. The van der Waals surface area contributed by atoms with E-state index in [1.807, 2.05) is 19.1 Å². The zero-order valence-electron chi connectivity index (χ0n) is 11.4. The molecule has 0 aliphatic rings. The number of ketones is 1. The van der Waals surface area contributed by atoms with Crippen LogP contribution in [0.3, 0.4) is 0 Å². The molecule has 0 amide bonds. The first-order chi connectivity index (χ1) is 10.1. The van der Waals surface area contributed by atoms with E-state index in [1.165, 1.54) is 6.07 Å². The van der Waals surface area contributed by atoms with E-state index < -0.39 is 5.97 Å². The minimum absolute atomic E-state index is 0.137. The maximum Gasteiger partial charge on any atom is 0.337 e. The van der Waals surface area contributed by atoms with Gasteiger partial charge in [0.15, 0.2) is 0 Å². The smallest absolute Gasteiger partial charge is 0.337 e. The summed E-state index contributed by atoms with van der Waals surface area (Å²) in [7, 11) is 0. The van der Waals surface area contributed by atoms with Crippen molar-refractivity contribution in [3.8, 4) is 0 Å². The number of nitrogens with zero attached hydrogens (tertiary/aromatic N) is 1. The van der Waals surface area contributed by atoms with E-state index >= 15 is 0 Å². The van der Waals surface area contributed by atoms with E-state index in [1.54, 1.807) is 40.9 Å². The molecule has 4 heteroatoms. The highest BCUT2D eigenvalue weighted by Gasteiger charge is 2.19. The number of carboxylic acids is 1. The standard InChI is InChI=1S/C17H13NO3/c1-11-7-8-18-14(9-11)13(17(20)21)10-15(18)16(19)12-5-3-2-4-6-12/h2-10H,1H3,(H,20,21). The summed E-state index contributed by atoms with van der Waals surface area (Å²) in [6.45, 7) is 1.89. The summed E-state index contributed by atoms with van der Waals surface area (Å²) in [6.07, 6.45) is 1.73. The van der Waals surface area contributed by atoms with Gasteiger partial charge in [-0.1, -0.05) is 30.3 Å². The summed E-state index contributed by atoms with van der Waals surface area (Å²) in [5, 5.41) is 9.31. The fraction of sp³-hybridized carbons (Fsp3) is 0.0588. The molecule has 0 bridgehead atoms. The Hall–Kier alpha value is -2.88. The third kappa shape index (κ3) is 2.21. The van der Waals surface area contributed by atoms with Crippen molar-refractivity contribution >= 4 is 17.3 Å². The van der Waals surface area contributed by atoms with Gasteiger partial charge < -0.3 is 9.51 Å². The van der Waals surface area contributed by atoms with E-state index in [0.717, 1.165) is 5.56 Å². The fourth-order valence-electron chi connectivity index (χ4n) is 2.39. The summed E-state index contributed by atoms with van der Waals surface area (Å²) in [5.41, 5.74) is 2.50. The van der Waals surface area contributed by atoms with Crippen molar-refractivity contribution in [1.82, 2.24) is 4.40 Å². The van der Waals surface area contributed by atoms with Gasteiger partial charge in [0.2, 0.25) is 5.78 Å². The third-order valence-corrected chi connectivity index (χ3v) is 3.43. The maximum absolute atomic E-state index is 12.6. The summed E-state index contributed by atoms with van der Waals surface area (Å²) in [5.74, 6) is -1.23. The first-order valence-corrected chi connectivity index (χ1v) is 6.52. The molecule has 3 rings (SSSR count). The van der Waals surface area contributed by atoms with Crippen LogP contribution in [0.4, 0.5) is 0 Å². The van der Waals surface area contributed by atoms with Gasteiger partial charge in [0.1, 0.15) is 0 Å². The van der Waals surface area contributed by atoms with Crippen LogP contribution >= 0.6 is 0 Å². The summed E-state index contributed by atoms with van der Waals surface area (Å²) in [6, 6.07) is 13.9. The average Bonchev–Trinajstić information content (AvgIpc) is 2.86. The molecular formula is C17H13NO3. The minimum atomic E-state index is -1.04. The van der Waals surface area contributed by atoms with Crippen molar-refractivity contribution in [1.29, 1.82) is 0 Å². The lowest BCUT2D eigenvalue weighted by atomic mass is 10.1. The second kappa shape index (κ2) is 4.90. The topological polar surface area (TPSA) is 58.8 Å². The van der Waals surface area contributed by atoms with Crippen LogP contribution in [-0.2, 0) is 0 Å². The maximum atomic E-state index is 12.6. The largest absolute Gasteiger partial charge is 0.478 e. The van der Waals surface area contributed by atoms with Gasteiger partial charge in [-0.3, -0.25) is 4.79 Å². The molecule has 2 heterocycles. The first-order valence-electron chi connectivity index (χ1n) is 6.52. The van der Waals surface area contributed by atoms with Crippen molar-refractivity contribution in [3.63, 3.8) is 0 Å². The monoisotopic (exact) mass is 279 g/mol. The Morgan fingerprint density at radius 3 is 2.43 bits per heavy atom.